The first-order valence-electron chi connectivity index (χ1n) is 9.98. The minimum Gasteiger partial charge on any atom is -0.477 e. The molecule has 0 spiro atoms. The molecule has 2 N–H and O–H groups in total. The van der Waals surface area contributed by atoms with Gasteiger partial charge in [-0.1, -0.05) is 60.1 Å². The van der Waals surface area contributed by atoms with E-state index in [1.54, 1.807) is 10.6 Å². The van der Waals surface area contributed by atoms with Crippen molar-refractivity contribution in [3.63, 3.8) is 0 Å². The second kappa shape index (κ2) is 8.92. The van der Waals surface area contributed by atoms with E-state index in [4.69, 9.17) is 11.6 Å². The van der Waals surface area contributed by atoms with Crippen molar-refractivity contribution in [3.8, 4) is 0 Å². The summed E-state index contributed by atoms with van der Waals surface area (Å²) in [5, 5.41) is 14.6. The molecular weight excluding hydrogens is 415 g/mol. The van der Waals surface area contributed by atoms with Gasteiger partial charge in [0.1, 0.15) is 11.5 Å². The Hall–Kier alpha value is -3.15. The van der Waals surface area contributed by atoms with Crippen molar-refractivity contribution in [2.24, 2.45) is 0 Å². The first-order chi connectivity index (χ1) is 15.0. The standard InChI is InChI=1S/C25H22ClFN2O2/c1-16-6-2-3-7-17(16)13-28-14-21-20-8-4-5-9-23(20)29(24(21)25(30)31)15-18-10-11-19(27)12-22(18)26/h2-12,28H,13-15H2,1H3,(H,30,31). The van der Waals surface area contributed by atoms with E-state index in [9.17, 15) is 14.3 Å². The maximum atomic E-state index is 13.5. The molecule has 0 aliphatic heterocycles. The second-order valence-electron chi connectivity index (χ2n) is 7.50. The van der Waals surface area contributed by atoms with Gasteiger partial charge in [0.05, 0.1) is 0 Å². The van der Waals surface area contributed by atoms with Crippen LogP contribution < -0.4 is 5.32 Å². The van der Waals surface area contributed by atoms with Crippen LogP contribution >= 0.6 is 11.6 Å². The number of carboxylic acid groups (broad SMARTS) is 1. The van der Waals surface area contributed by atoms with Crippen molar-refractivity contribution in [1.82, 2.24) is 9.88 Å². The number of rotatable bonds is 7. The van der Waals surface area contributed by atoms with E-state index in [1.165, 1.54) is 23.3 Å². The van der Waals surface area contributed by atoms with E-state index < -0.39 is 11.8 Å². The molecule has 0 aliphatic rings. The number of benzene rings is 3. The van der Waals surface area contributed by atoms with Gasteiger partial charge in [-0.3, -0.25) is 0 Å². The Morgan fingerprint density at radius 3 is 2.52 bits per heavy atom. The zero-order valence-electron chi connectivity index (χ0n) is 17.0. The number of para-hydroxylation sites is 1. The Labute approximate surface area is 184 Å². The molecule has 4 aromatic rings. The summed E-state index contributed by atoms with van der Waals surface area (Å²) in [6.07, 6.45) is 0. The number of aromatic carboxylic acids is 1. The van der Waals surface area contributed by atoms with Crippen LogP contribution in [0.15, 0.2) is 66.7 Å². The molecule has 0 fully saturated rings. The molecule has 0 atom stereocenters. The highest BCUT2D eigenvalue weighted by Gasteiger charge is 2.22. The molecule has 1 heterocycles. The fourth-order valence-corrected chi connectivity index (χ4v) is 4.14. The number of halogens is 2. The van der Waals surface area contributed by atoms with E-state index in [1.807, 2.05) is 36.4 Å². The van der Waals surface area contributed by atoms with E-state index in [0.717, 1.165) is 16.5 Å². The second-order valence-corrected chi connectivity index (χ2v) is 7.91. The smallest absolute Gasteiger partial charge is 0.352 e. The highest BCUT2D eigenvalue weighted by Crippen LogP contribution is 2.29. The topological polar surface area (TPSA) is 54.3 Å². The summed E-state index contributed by atoms with van der Waals surface area (Å²) in [5.41, 5.74) is 4.73. The van der Waals surface area contributed by atoms with Crippen LogP contribution in [-0.4, -0.2) is 15.6 Å². The monoisotopic (exact) mass is 436 g/mol. The molecule has 0 saturated heterocycles. The summed E-state index contributed by atoms with van der Waals surface area (Å²) in [4.78, 5) is 12.3. The molecule has 0 amide bonds. The lowest BCUT2D eigenvalue weighted by molar-refractivity contribution is 0.0684. The van der Waals surface area contributed by atoms with Gasteiger partial charge in [-0.15, -0.1) is 0 Å². The quantitative estimate of drug-likeness (QED) is 0.386. The van der Waals surface area contributed by atoms with Crippen molar-refractivity contribution in [2.45, 2.75) is 26.6 Å². The van der Waals surface area contributed by atoms with Crippen LogP contribution in [0, 0.1) is 12.7 Å². The Balaban J connectivity index is 1.72. The molecule has 31 heavy (non-hydrogen) atoms. The fourth-order valence-electron chi connectivity index (χ4n) is 3.91. The predicted molar refractivity (Wildman–Crippen MR) is 121 cm³/mol. The number of nitrogens with one attached hydrogen (secondary N) is 1. The molecule has 1 aromatic heterocycles. The van der Waals surface area contributed by atoms with Crippen LogP contribution in [0.3, 0.4) is 0 Å². The molecule has 4 rings (SSSR count). The highest BCUT2D eigenvalue weighted by atomic mass is 35.5. The van der Waals surface area contributed by atoms with Gasteiger partial charge < -0.3 is 15.0 Å². The summed E-state index contributed by atoms with van der Waals surface area (Å²) in [6, 6.07) is 19.9. The third kappa shape index (κ3) is 4.33. The lowest BCUT2D eigenvalue weighted by Gasteiger charge is -2.11. The SMILES string of the molecule is Cc1ccccc1CNCc1c(C(=O)O)n(Cc2ccc(F)cc2Cl)c2ccccc12. The minimum absolute atomic E-state index is 0.207. The first-order valence-corrected chi connectivity index (χ1v) is 10.4. The van der Waals surface area contributed by atoms with Crippen molar-refractivity contribution in [3.05, 3.63) is 106 Å². The average molecular weight is 437 g/mol. The number of nitrogens with zero attached hydrogens (tertiary/aromatic N) is 1. The zero-order chi connectivity index (χ0) is 22.0. The molecule has 0 saturated carbocycles. The van der Waals surface area contributed by atoms with E-state index >= 15 is 0 Å². The maximum Gasteiger partial charge on any atom is 0.352 e. The lowest BCUT2D eigenvalue weighted by Crippen LogP contribution is -2.17. The molecule has 0 bridgehead atoms. The molecule has 3 aromatic carbocycles. The molecule has 158 valence electrons. The Bertz CT molecular complexity index is 1270. The number of carbonyl (C=O) groups is 1. The first kappa shape index (κ1) is 21.1. The summed E-state index contributed by atoms with van der Waals surface area (Å²) in [6.45, 7) is 3.33. The van der Waals surface area contributed by atoms with Crippen molar-refractivity contribution >= 4 is 28.5 Å². The van der Waals surface area contributed by atoms with Gasteiger partial charge in [0, 0.05) is 41.1 Å². The third-order valence-electron chi connectivity index (χ3n) is 5.50. The summed E-state index contributed by atoms with van der Waals surface area (Å²) < 4.78 is 15.2. The van der Waals surface area contributed by atoms with Gasteiger partial charge in [0.15, 0.2) is 0 Å². The van der Waals surface area contributed by atoms with Gasteiger partial charge in [0.2, 0.25) is 0 Å². The molecule has 4 nitrogen and oxygen atoms in total. The molecule has 0 unspecified atom stereocenters. The Morgan fingerprint density at radius 2 is 1.77 bits per heavy atom. The van der Waals surface area contributed by atoms with Crippen molar-refractivity contribution in [2.75, 3.05) is 0 Å². The van der Waals surface area contributed by atoms with Crippen LogP contribution in [-0.2, 0) is 19.6 Å². The lowest BCUT2D eigenvalue weighted by atomic mass is 10.1. The zero-order valence-corrected chi connectivity index (χ0v) is 17.8. The number of aryl methyl sites for hydroxylation is 1. The van der Waals surface area contributed by atoms with Crippen molar-refractivity contribution in [1.29, 1.82) is 0 Å². The number of hydrogen-bond donors (Lipinski definition) is 2. The van der Waals surface area contributed by atoms with E-state index in [2.05, 4.69) is 24.4 Å². The summed E-state index contributed by atoms with van der Waals surface area (Å²) in [5.74, 6) is -1.44. The highest BCUT2D eigenvalue weighted by molar-refractivity contribution is 6.31. The Morgan fingerprint density at radius 1 is 1.03 bits per heavy atom. The van der Waals surface area contributed by atoms with Crippen LogP contribution in [0.5, 0.6) is 0 Å². The number of fused-ring (bicyclic) bond motifs is 1. The summed E-state index contributed by atoms with van der Waals surface area (Å²) >= 11 is 6.22. The van der Waals surface area contributed by atoms with Gasteiger partial charge in [-0.2, -0.15) is 0 Å². The van der Waals surface area contributed by atoms with Gasteiger partial charge in [0.25, 0.3) is 0 Å². The van der Waals surface area contributed by atoms with Crippen LogP contribution in [0.1, 0.15) is 32.7 Å². The van der Waals surface area contributed by atoms with Crippen LogP contribution in [0.2, 0.25) is 5.02 Å². The van der Waals surface area contributed by atoms with E-state index in [-0.39, 0.29) is 17.3 Å². The molecular formula is C25H22ClFN2O2. The number of hydrogen-bond acceptors (Lipinski definition) is 2. The maximum absolute atomic E-state index is 13.5. The van der Waals surface area contributed by atoms with Crippen LogP contribution in [0.25, 0.3) is 10.9 Å². The van der Waals surface area contributed by atoms with E-state index in [0.29, 0.717) is 18.7 Å². The molecule has 0 radical (unpaired) electrons. The van der Waals surface area contributed by atoms with Gasteiger partial charge >= 0.3 is 5.97 Å². The third-order valence-corrected chi connectivity index (χ3v) is 5.85. The average Bonchev–Trinajstić information content (AvgIpc) is 3.05. The fraction of sp³-hybridized carbons (Fsp3) is 0.160. The molecule has 6 heteroatoms. The molecule has 0 aliphatic carbocycles. The normalized spacial score (nSPS) is 11.2. The predicted octanol–water partition coefficient (Wildman–Crippen LogP) is 5.78. The number of aromatic nitrogens is 1. The minimum atomic E-state index is -1.01. The number of carboxylic acids is 1. The van der Waals surface area contributed by atoms with Crippen molar-refractivity contribution < 1.29 is 14.3 Å². The Kier molecular flexibility index (Phi) is 6.07. The van der Waals surface area contributed by atoms with Crippen LogP contribution in [0.4, 0.5) is 4.39 Å². The van der Waals surface area contributed by atoms with Gasteiger partial charge in [-0.05, 0) is 41.8 Å². The summed E-state index contributed by atoms with van der Waals surface area (Å²) in [7, 11) is 0. The van der Waals surface area contributed by atoms with Gasteiger partial charge in [-0.25, -0.2) is 9.18 Å². The largest absolute Gasteiger partial charge is 0.477 e.